The molecule has 23 heavy (non-hydrogen) atoms. The molecule has 1 heterocycles. The molecular weight excluding hydrogens is 329 g/mol. The number of nitrogens with zero attached hydrogens (tertiary/aromatic N) is 2. The minimum absolute atomic E-state index is 0.181. The fourth-order valence-corrected chi connectivity index (χ4v) is 2.96. The van der Waals surface area contributed by atoms with Gasteiger partial charge in [-0.05, 0) is 29.8 Å². The van der Waals surface area contributed by atoms with Gasteiger partial charge in [0.15, 0.2) is 0 Å². The minimum Gasteiger partial charge on any atom is -0.272 e. The van der Waals surface area contributed by atoms with Crippen LogP contribution in [-0.2, 0) is 27.1 Å². The number of carbonyl (C=O) groups excluding carboxylic acids is 1. The van der Waals surface area contributed by atoms with Crippen LogP contribution in [0, 0.1) is 0 Å². The van der Waals surface area contributed by atoms with Crippen molar-refractivity contribution in [2.75, 3.05) is 6.26 Å². The summed E-state index contributed by atoms with van der Waals surface area (Å²) in [5, 5.41) is 0.181. The van der Waals surface area contributed by atoms with Crippen LogP contribution in [0.5, 0.6) is 0 Å². The second-order valence-electron chi connectivity index (χ2n) is 4.83. The maximum Gasteiger partial charge on any atom is 0.416 e. The van der Waals surface area contributed by atoms with E-state index in [4.69, 9.17) is 0 Å². The van der Waals surface area contributed by atoms with E-state index in [9.17, 15) is 22.2 Å². The molecule has 1 atom stereocenters. The fraction of sp³-hybridized carbons (Fsp3) is 0.200. The quantitative estimate of drug-likeness (QED) is 0.860. The highest BCUT2D eigenvalue weighted by molar-refractivity contribution is 7.93. The predicted molar refractivity (Wildman–Crippen MR) is 79.2 cm³/mol. The van der Waals surface area contributed by atoms with Gasteiger partial charge in [0.25, 0.3) is 5.91 Å². The van der Waals surface area contributed by atoms with Crippen molar-refractivity contribution in [2.24, 2.45) is 4.36 Å². The molecule has 0 bridgehead atoms. The molecule has 0 saturated carbocycles. The van der Waals surface area contributed by atoms with Crippen molar-refractivity contribution in [3.8, 4) is 0 Å². The number of hydrogen-bond donors (Lipinski definition) is 0. The Hall–Kier alpha value is -2.22. The summed E-state index contributed by atoms with van der Waals surface area (Å²) in [6, 6.07) is 8.96. The van der Waals surface area contributed by atoms with Gasteiger partial charge in [-0.25, -0.2) is 9.19 Å². The molecule has 0 N–H and O–H groups in total. The Bertz CT molecular complexity index is 809. The van der Waals surface area contributed by atoms with Crippen molar-refractivity contribution in [2.45, 2.75) is 17.6 Å². The average molecular weight is 342 g/mol. The smallest absolute Gasteiger partial charge is 0.272 e. The Kier molecular flexibility index (Phi) is 4.84. The molecule has 2 rings (SSSR count). The van der Waals surface area contributed by atoms with Crippen LogP contribution in [0.2, 0.25) is 0 Å². The summed E-state index contributed by atoms with van der Waals surface area (Å²) in [6.45, 7) is 0. The molecular formula is C15H13F3N2O2S. The van der Waals surface area contributed by atoms with E-state index < -0.39 is 27.4 Å². The topological polar surface area (TPSA) is 59.4 Å². The van der Waals surface area contributed by atoms with Crippen LogP contribution in [-0.4, -0.2) is 21.4 Å². The minimum atomic E-state index is -4.43. The maximum absolute atomic E-state index is 12.5. The van der Waals surface area contributed by atoms with Gasteiger partial charge >= 0.3 is 6.18 Å². The number of benzene rings is 1. The Morgan fingerprint density at radius 1 is 1.17 bits per heavy atom. The number of alkyl halides is 3. The molecule has 0 radical (unpaired) electrons. The third kappa shape index (κ3) is 4.62. The van der Waals surface area contributed by atoms with Crippen LogP contribution >= 0.6 is 0 Å². The number of rotatable bonds is 3. The standard InChI is InChI=1S/C15H13F3N2O2S/c1-23(22,14-4-2-3-9-19-14)20-13(21)10-11-5-7-12(8-6-11)15(16,17)18/h2-9H,10H2,1H3. The van der Waals surface area contributed by atoms with Gasteiger partial charge in [-0.2, -0.15) is 17.5 Å². The van der Waals surface area contributed by atoms with E-state index in [0.717, 1.165) is 12.1 Å². The van der Waals surface area contributed by atoms with Gasteiger partial charge in [0.2, 0.25) is 0 Å². The molecule has 0 fully saturated rings. The van der Waals surface area contributed by atoms with Crippen LogP contribution in [0.15, 0.2) is 58.1 Å². The molecule has 2 aromatic rings. The van der Waals surface area contributed by atoms with Gasteiger partial charge < -0.3 is 0 Å². The number of hydrogen-bond acceptors (Lipinski definition) is 3. The largest absolute Gasteiger partial charge is 0.416 e. The van der Waals surface area contributed by atoms with Crippen molar-refractivity contribution in [3.05, 3.63) is 59.8 Å². The van der Waals surface area contributed by atoms with Crippen LogP contribution in [0.4, 0.5) is 13.2 Å². The van der Waals surface area contributed by atoms with Gasteiger partial charge in [-0.15, -0.1) is 0 Å². The number of pyridine rings is 1. The molecule has 0 aliphatic carbocycles. The number of halogens is 3. The summed E-state index contributed by atoms with van der Waals surface area (Å²) < 4.78 is 53.4. The molecule has 1 aromatic carbocycles. The maximum atomic E-state index is 12.5. The monoisotopic (exact) mass is 342 g/mol. The molecule has 8 heteroatoms. The number of carbonyl (C=O) groups is 1. The van der Waals surface area contributed by atoms with E-state index in [-0.39, 0.29) is 11.4 Å². The van der Waals surface area contributed by atoms with Gasteiger partial charge in [-0.3, -0.25) is 4.79 Å². The van der Waals surface area contributed by atoms with Gasteiger partial charge in [0.1, 0.15) is 5.03 Å². The third-order valence-electron chi connectivity index (χ3n) is 2.94. The van der Waals surface area contributed by atoms with Crippen molar-refractivity contribution in [1.29, 1.82) is 0 Å². The molecule has 1 amide bonds. The third-order valence-corrected chi connectivity index (χ3v) is 4.51. The van der Waals surface area contributed by atoms with E-state index >= 15 is 0 Å². The Labute approximate surface area is 131 Å². The van der Waals surface area contributed by atoms with Crippen LogP contribution in [0.25, 0.3) is 0 Å². The van der Waals surface area contributed by atoms with Crippen LogP contribution in [0.3, 0.4) is 0 Å². The number of amides is 1. The first-order valence-electron chi connectivity index (χ1n) is 6.51. The van der Waals surface area contributed by atoms with Crippen molar-refractivity contribution < 1.29 is 22.2 Å². The molecule has 4 nitrogen and oxygen atoms in total. The first-order chi connectivity index (χ1) is 10.7. The van der Waals surface area contributed by atoms with Crippen LogP contribution < -0.4 is 0 Å². The highest BCUT2D eigenvalue weighted by Crippen LogP contribution is 2.29. The summed E-state index contributed by atoms with van der Waals surface area (Å²) in [5.74, 6) is -0.678. The van der Waals surface area contributed by atoms with Crippen molar-refractivity contribution >= 4 is 15.6 Å². The SMILES string of the molecule is CS(=O)(=NC(=O)Cc1ccc(C(F)(F)F)cc1)c1ccccn1. The van der Waals surface area contributed by atoms with Gasteiger partial charge in [0.05, 0.1) is 21.7 Å². The van der Waals surface area contributed by atoms with E-state index in [1.54, 1.807) is 12.1 Å². The average Bonchev–Trinajstić information content (AvgIpc) is 2.47. The second kappa shape index (κ2) is 6.49. The van der Waals surface area contributed by atoms with E-state index in [1.807, 2.05) is 0 Å². The molecule has 1 unspecified atom stereocenters. The lowest BCUT2D eigenvalue weighted by Crippen LogP contribution is -2.08. The molecule has 0 spiro atoms. The lowest BCUT2D eigenvalue weighted by atomic mass is 10.1. The second-order valence-corrected chi connectivity index (χ2v) is 7.03. The van der Waals surface area contributed by atoms with Crippen molar-refractivity contribution in [3.63, 3.8) is 0 Å². The molecule has 122 valence electrons. The molecule has 0 aliphatic rings. The highest BCUT2D eigenvalue weighted by Gasteiger charge is 2.29. The zero-order valence-corrected chi connectivity index (χ0v) is 12.9. The summed E-state index contributed by atoms with van der Waals surface area (Å²) in [5.41, 5.74) is -0.429. The predicted octanol–water partition coefficient (Wildman–Crippen LogP) is 3.33. The van der Waals surface area contributed by atoms with Crippen LogP contribution in [0.1, 0.15) is 11.1 Å². The molecule has 1 aromatic heterocycles. The van der Waals surface area contributed by atoms with Gasteiger partial charge in [0, 0.05) is 12.5 Å². The Morgan fingerprint density at radius 3 is 2.35 bits per heavy atom. The Balaban J connectivity index is 2.16. The number of aromatic nitrogens is 1. The summed E-state index contributed by atoms with van der Waals surface area (Å²) in [6.07, 6.45) is -1.92. The molecule has 0 aliphatic heterocycles. The zero-order chi connectivity index (χ0) is 17.1. The summed E-state index contributed by atoms with van der Waals surface area (Å²) in [4.78, 5) is 15.8. The lowest BCUT2D eigenvalue weighted by Gasteiger charge is -2.07. The first-order valence-corrected chi connectivity index (χ1v) is 8.43. The van der Waals surface area contributed by atoms with E-state index in [0.29, 0.717) is 5.56 Å². The first kappa shape index (κ1) is 17.1. The van der Waals surface area contributed by atoms with Crippen molar-refractivity contribution in [1.82, 2.24) is 4.98 Å². The zero-order valence-electron chi connectivity index (χ0n) is 12.1. The normalized spacial score (nSPS) is 14.1. The lowest BCUT2D eigenvalue weighted by molar-refractivity contribution is -0.137. The van der Waals surface area contributed by atoms with E-state index in [2.05, 4.69) is 9.35 Å². The Morgan fingerprint density at radius 2 is 1.83 bits per heavy atom. The van der Waals surface area contributed by atoms with Gasteiger partial charge in [-0.1, -0.05) is 18.2 Å². The summed E-state index contributed by atoms with van der Waals surface area (Å²) >= 11 is 0. The fourth-order valence-electron chi connectivity index (χ4n) is 1.83. The highest BCUT2D eigenvalue weighted by atomic mass is 32.2. The summed E-state index contributed by atoms with van der Waals surface area (Å²) in [7, 11) is -2.98. The van der Waals surface area contributed by atoms with E-state index in [1.165, 1.54) is 30.7 Å². The molecule has 0 saturated heterocycles.